The number of alkyl halides is 3. The van der Waals surface area contributed by atoms with Gasteiger partial charge in [0.1, 0.15) is 5.75 Å². The molecule has 0 bridgehead atoms. The molecule has 0 aliphatic rings. The number of ether oxygens (including phenoxy) is 1. The van der Waals surface area contributed by atoms with Crippen LogP contribution in [0.1, 0.15) is 23.2 Å². The van der Waals surface area contributed by atoms with Gasteiger partial charge in [0.25, 0.3) is 5.91 Å². The van der Waals surface area contributed by atoms with Crippen molar-refractivity contribution < 1.29 is 27.2 Å². The highest BCUT2D eigenvalue weighted by Gasteiger charge is 2.31. The fourth-order valence-electron chi connectivity index (χ4n) is 2.47. The Morgan fingerprint density at radius 3 is 2.46 bits per heavy atom. The standard InChI is InChI=1S/C19H16F3N3O3/c1-12(11-16-24-17(25-28-16)13-5-3-2-4-6-13)23-18(26)14-7-9-15(10-8-14)27-19(20,21)22/h2-10,12H,11H2,1H3,(H,23,26)/t12-/m0/s1. The molecule has 1 amide bonds. The van der Waals surface area contributed by atoms with Crippen LogP contribution >= 0.6 is 0 Å². The second-order valence-corrected chi connectivity index (χ2v) is 6.03. The Labute approximate surface area is 158 Å². The smallest absolute Gasteiger partial charge is 0.406 e. The molecule has 9 heteroatoms. The molecule has 1 aromatic heterocycles. The molecule has 0 fully saturated rings. The molecule has 3 rings (SSSR count). The molecule has 6 nitrogen and oxygen atoms in total. The zero-order chi connectivity index (χ0) is 20.1. The van der Waals surface area contributed by atoms with E-state index in [1.54, 1.807) is 6.92 Å². The van der Waals surface area contributed by atoms with Crippen LogP contribution in [0.2, 0.25) is 0 Å². The van der Waals surface area contributed by atoms with Gasteiger partial charge in [-0.05, 0) is 31.2 Å². The van der Waals surface area contributed by atoms with Gasteiger partial charge >= 0.3 is 6.36 Å². The molecule has 1 N–H and O–H groups in total. The number of aromatic nitrogens is 2. The molecular weight excluding hydrogens is 375 g/mol. The van der Waals surface area contributed by atoms with Gasteiger partial charge < -0.3 is 14.6 Å². The maximum absolute atomic E-state index is 12.2. The molecule has 0 radical (unpaired) electrons. The summed E-state index contributed by atoms with van der Waals surface area (Å²) in [6.45, 7) is 1.76. The van der Waals surface area contributed by atoms with Gasteiger partial charge in [0.15, 0.2) is 0 Å². The normalized spacial score (nSPS) is 12.4. The Balaban J connectivity index is 1.57. The van der Waals surface area contributed by atoms with E-state index in [1.807, 2.05) is 30.3 Å². The number of nitrogens with one attached hydrogen (secondary N) is 1. The highest BCUT2D eigenvalue weighted by atomic mass is 19.4. The van der Waals surface area contributed by atoms with Crippen molar-refractivity contribution in [3.05, 3.63) is 66.1 Å². The third kappa shape index (κ3) is 5.32. The summed E-state index contributed by atoms with van der Waals surface area (Å²) < 4.78 is 45.5. The van der Waals surface area contributed by atoms with Crippen LogP contribution in [0.3, 0.4) is 0 Å². The van der Waals surface area contributed by atoms with Gasteiger partial charge in [-0.1, -0.05) is 35.5 Å². The van der Waals surface area contributed by atoms with Crippen LogP contribution in [-0.4, -0.2) is 28.5 Å². The first-order chi connectivity index (χ1) is 13.3. The molecule has 0 aliphatic heterocycles. The Kier molecular flexibility index (Phi) is 5.62. The van der Waals surface area contributed by atoms with Gasteiger partial charge in [0.2, 0.25) is 11.7 Å². The van der Waals surface area contributed by atoms with E-state index in [0.29, 0.717) is 18.1 Å². The largest absolute Gasteiger partial charge is 0.573 e. The highest BCUT2D eigenvalue weighted by molar-refractivity contribution is 5.94. The van der Waals surface area contributed by atoms with Crippen molar-refractivity contribution in [1.29, 1.82) is 0 Å². The molecule has 3 aromatic rings. The number of halogens is 3. The van der Waals surface area contributed by atoms with E-state index < -0.39 is 18.0 Å². The molecule has 1 heterocycles. The van der Waals surface area contributed by atoms with Crippen molar-refractivity contribution >= 4 is 5.91 Å². The van der Waals surface area contributed by atoms with Gasteiger partial charge in [-0.15, -0.1) is 13.2 Å². The number of rotatable bonds is 6. The maximum atomic E-state index is 12.2. The summed E-state index contributed by atoms with van der Waals surface area (Å²) in [4.78, 5) is 16.5. The number of hydrogen-bond donors (Lipinski definition) is 1. The monoisotopic (exact) mass is 391 g/mol. The Bertz CT molecular complexity index is 925. The molecule has 0 spiro atoms. The SMILES string of the molecule is C[C@@H](Cc1nc(-c2ccccc2)no1)NC(=O)c1ccc(OC(F)(F)F)cc1. The van der Waals surface area contributed by atoms with E-state index >= 15 is 0 Å². The Hall–Kier alpha value is -3.36. The van der Waals surface area contributed by atoms with Gasteiger partial charge in [-0.25, -0.2) is 0 Å². The number of benzene rings is 2. The van der Waals surface area contributed by atoms with E-state index in [9.17, 15) is 18.0 Å². The molecule has 0 unspecified atom stereocenters. The molecule has 0 saturated heterocycles. The number of amides is 1. The van der Waals surface area contributed by atoms with E-state index in [0.717, 1.165) is 17.7 Å². The number of carbonyl (C=O) groups is 1. The molecule has 0 aliphatic carbocycles. The summed E-state index contributed by atoms with van der Waals surface area (Å²) in [5.41, 5.74) is 1.02. The minimum absolute atomic E-state index is 0.205. The van der Waals surface area contributed by atoms with Gasteiger partial charge in [0, 0.05) is 23.6 Å². The van der Waals surface area contributed by atoms with Crippen LogP contribution in [0.5, 0.6) is 5.75 Å². The topological polar surface area (TPSA) is 77.3 Å². The summed E-state index contributed by atoms with van der Waals surface area (Å²) in [7, 11) is 0. The summed E-state index contributed by atoms with van der Waals surface area (Å²) in [6, 6.07) is 13.6. The van der Waals surface area contributed by atoms with Crippen molar-refractivity contribution in [2.45, 2.75) is 25.7 Å². The quantitative estimate of drug-likeness (QED) is 0.687. The summed E-state index contributed by atoms with van der Waals surface area (Å²) in [6.07, 6.45) is -4.47. The van der Waals surface area contributed by atoms with Crippen LogP contribution in [0, 0.1) is 0 Å². The lowest BCUT2D eigenvalue weighted by Crippen LogP contribution is -2.34. The third-order valence-electron chi connectivity index (χ3n) is 3.71. The highest BCUT2D eigenvalue weighted by Crippen LogP contribution is 2.22. The van der Waals surface area contributed by atoms with Crippen molar-refractivity contribution in [3.8, 4) is 17.1 Å². The van der Waals surface area contributed by atoms with Crippen LogP contribution in [0.4, 0.5) is 13.2 Å². The zero-order valence-electron chi connectivity index (χ0n) is 14.7. The molecule has 146 valence electrons. The van der Waals surface area contributed by atoms with Gasteiger partial charge in [0.05, 0.1) is 0 Å². The van der Waals surface area contributed by atoms with Crippen molar-refractivity contribution in [3.63, 3.8) is 0 Å². The predicted molar refractivity (Wildman–Crippen MR) is 93.5 cm³/mol. The first-order valence-electron chi connectivity index (χ1n) is 8.35. The van der Waals surface area contributed by atoms with Crippen LogP contribution in [0.25, 0.3) is 11.4 Å². The lowest BCUT2D eigenvalue weighted by molar-refractivity contribution is -0.274. The minimum Gasteiger partial charge on any atom is -0.406 e. The van der Waals surface area contributed by atoms with Gasteiger partial charge in [-0.3, -0.25) is 4.79 Å². The van der Waals surface area contributed by atoms with Gasteiger partial charge in [-0.2, -0.15) is 4.98 Å². The second-order valence-electron chi connectivity index (χ2n) is 6.03. The summed E-state index contributed by atoms with van der Waals surface area (Å²) in [5.74, 6) is -0.0137. The maximum Gasteiger partial charge on any atom is 0.573 e. The fraction of sp³-hybridized carbons (Fsp3) is 0.211. The van der Waals surface area contributed by atoms with Crippen molar-refractivity contribution in [1.82, 2.24) is 15.5 Å². The zero-order valence-corrected chi connectivity index (χ0v) is 14.7. The number of hydrogen-bond acceptors (Lipinski definition) is 5. The molecule has 28 heavy (non-hydrogen) atoms. The molecule has 0 saturated carbocycles. The molecule has 1 atom stereocenters. The summed E-state index contributed by atoms with van der Waals surface area (Å²) in [5, 5.41) is 6.64. The first-order valence-corrected chi connectivity index (χ1v) is 8.35. The molecular formula is C19H16F3N3O3. The van der Waals surface area contributed by atoms with Crippen LogP contribution < -0.4 is 10.1 Å². The van der Waals surface area contributed by atoms with E-state index in [1.165, 1.54) is 12.1 Å². The van der Waals surface area contributed by atoms with E-state index in [-0.39, 0.29) is 11.6 Å². The summed E-state index contributed by atoms with van der Waals surface area (Å²) >= 11 is 0. The average molecular weight is 391 g/mol. The van der Waals surface area contributed by atoms with Crippen LogP contribution in [-0.2, 0) is 6.42 Å². The minimum atomic E-state index is -4.78. The van der Waals surface area contributed by atoms with E-state index in [2.05, 4.69) is 20.2 Å². The van der Waals surface area contributed by atoms with Crippen LogP contribution in [0.15, 0.2) is 59.1 Å². The van der Waals surface area contributed by atoms with E-state index in [4.69, 9.17) is 4.52 Å². The molecule has 2 aromatic carbocycles. The number of carbonyl (C=O) groups excluding carboxylic acids is 1. The Morgan fingerprint density at radius 2 is 1.82 bits per heavy atom. The average Bonchev–Trinajstić information content (AvgIpc) is 3.10. The fourth-order valence-corrected chi connectivity index (χ4v) is 2.47. The van der Waals surface area contributed by atoms with Crippen molar-refractivity contribution in [2.75, 3.05) is 0 Å². The first kappa shape index (κ1) is 19.4. The van der Waals surface area contributed by atoms with Crippen molar-refractivity contribution in [2.24, 2.45) is 0 Å². The lowest BCUT2D eigenvalue weighted by Gasteiger charge is -2.12. The second kappa shape index (κ2) is 8.12. The third-order valence-corrected chi connectivity index (χ3v) is 3.71. The Morgan fingerprint density at radius 1 is 1.14 bits per heavy atom. The lowest BCUT2D eigenvalue weighted by atomic mass is 10.1. The predicted octanol–water partition coefficient (Wildman–Crippen LogP) is 4.00. The number of nitrogens with zero attached hydrogens (tertiary/aromatic N) is 2.